The van der Waals surface area contributed by atoms with Gasteiger partial charge in [0.1, 0.15) is 5.75 Å². The summed E-state index contributed by atoms with van der Waals surface area (Å²) in [6, 6.07) is 0. The molecule has 0 spiro atoms. The van der Waals surface area contributed by atoms with Gasteiger partial charge in [-0.25, -0.2) is 0 Å². The van der Waals surface area contributed by atoms with Crippen LogP contribution in [0.2, 0.25) is 0 Å². The Morgan fingerprint density at radius 1 is 1.50 bits per heavy atom. The van der Waals surface area contributed by atoms with Crippen LogP contribution in [0, 0.1) is 0 Å². The minimum Gasteiger partial charge on any atom is -0.506 e. The molecule has 9 heteroatoms. The summed E-state index contributed by atoms with van der Waals surface area (Å²) in [6.07, 6.45) is -5.18. The minimum atomic E-state index is -5.01. The number of nitrogens with zero attached hydrogens (tertiary/aromatic N) is 1. The van der Waals surface area contributed by atoms with Crippen molar-refractivity contribution in [2.75, 3.05) is 0 Å². The van der Waals surface area contributed by atoms with E-state index in [9.17, 15) is 23.1 Å². The third-order valence-electron chi connectivity index (χ3n) is 1.87. The van der Waals surface area contributed by atoms with Crippen molar-refractivity contribution < 1.29 is 32.9 Å². The Morgan fingerprint density at radius 2 is 2.11 bits per heavy atom. The maximum Gasteiger partial charge on any atom is 0.573 e. The number of rotatable bonds is 4. The van der Waals surface area contributed by atoms with Crippen molar-refractivity contribution >= 4 is 17.6 Å². The first-order chi connectivity index (χ1) is 8.24. The van der Waals surface area contributed by atoms with Gasteiger partial charge in [-0.05, 0) is 0 Å². The van der Waals surface area contributed by atoms with Crippen molar-refractivity contribution in [1.29, 1.82) is 0 Å². The molecule has 0 saturated heterocycles. The normalized spacial score (nSPS) is 11.3. The molecule has 0 fully saturated rings. The standard InChI is InChI=1S/C9H7ClF3NO4/c10-2-5-8(17)4(1-7(15)16)6(3-14-5)18-9(11,12)13/h3,17H,1-2H2,(H,15,16). The molecule has 18 heavy (non-hydrogen) atoms. The average molecular weight is 286 g/mol. The van der Waals surface area contributed by atoms with Crippen molar-refractivity contribution in [3.8, 4) is 11.5 Å². The number of alkyl halides is 4. The predicted molar refractivity (Wildman–Crippen MR) is 53.5 cm³/mol. The highest BCUT2D eigenvalue weighted by Crippen LogP contribution is 2.34. The van der Waals surface area contributed by atoms with Gasteiger partial charge in [-0.15, -0.1) is 24.8 Å². The van der Waals surface area contributed by atoms with E-state index in [-0.39, 0.29) is 11.6 Å². The highest BCUT2D eigenvalue weighted by molar-refractivity contribution is 6.17. The Morgan fingerprint density at radius 3 is 2.56 bits per heavy atom. The molecule has 1 aromatic heterocycles. The molecule has 0 radical (unpaired) electrons. The Kier molecular flexibility index (Phi) is 4.23. The van der Waals surface area contributed by atoms with Gasteiger partial charge >= 0.3 is 12.3 Å². The zero-order chi connectivity index (χ0) is 13.9. The van der Waals surface area contributed by atoms with E-state index in [1.54, 1.807) is 0 Å². The third-order valence-corrected chi connectivity index (χ3v) is 2.13. The number of hydrogen-bond acceptors (Lipinski definition) is 4. The van der Waals surface area contributed by atoms with Crippen LogP contribution in [-0.2, 0) is 17.1 Å². The summed E-state index contributed by atoms with van der Waals surface area (Å²) in [5, 5.41) is 18.1. The molecule has 1 heterocycles. The number of pyridine rings is 1. The topological polar surface area (TPSA) is 79.7 Å². The van der Waals surface area contributed by atoms with Crippen LogP contribution in [0.3, 0.4) is 0 Å². The average Bonchev–Trinajstić information content (AvgIpc) is 2.21. The van der Waals surface area contributed by atoms with Crippen molar-refractivity contribution in [2.24, 2.45) is 0 Å². The van der Waals surface area contributed by atoms with Crippen LogP contribution in [-0.4, -0.2) is 27.5 Å². The molecule has 0 atom stereocenters. The van der Waals surface area contributed by atoms with Crippen LogP contribution >= 0.6 is 11.6 Å². The van der Waals surface area contributed by atoms with Crippen molar-refractivity contribution in [3.63, 3.8) is 0 Å². The molecule has 0 aliphatic rings. The van der Waals surface area contributed by atoms with Crippen LogP contribution in [0.25, 0.3) is 0 Å². The van der Waals surface area contributed by atoms with E-state index in [0.717, 1.165) is 0 Å². The lowest BCUT2D eigenvalue weighted by Crippen LogP contribution is -2.19. The first kappa shape index (κ1) is 14.4. The fourth-order valence-corrected chi connectivity index (χ4v) is 1.39. The second kappa shape index (κ2) is 5.30. The summed E-state index contributed by atoms with van der Waals surface area (Å²) in [4.78, 5) is 14.0. The highest BCUT2D eigenvalue weighted by atomic mass is 35.5. The molecular formula is C9H7ClF3NO4. The predicted octanol–water partition coefficient (Wildman–Crippen LogP) is 2.05. The molecule has 100 valence electrons. The van der Waals surface area contributed by atoms with Crippen LogP contribution in [0.15, 0.2) is 6.20 Å². The van der Waals surface area contributed by atoms with E-state index < -0.39 is 35.8 Å². The fourth-order valence-electron chi connectivity index (χ4n) is 1.20. The molecule has 0 amide bonds. The fraction of sp³-hybridized carbons (Fsp3) is 0.333. The van der Waals surface area contributed by atoms with E-state index in [1.165, 1.54) is 0 Å². The number of hydrogen-bond donors (Lipinski definition) is 2. The van der Waals surface area contributed by atoms with Gasteiger partial charge in [0.15, 0.2) is 5.75 Å². The molecule has 0 unspecified atom stereocenters. The van der Waals surface area contributed by atoms with Crippen molar-refractivity contribution in [1.82, 2.24) is 4.98 Å². The molecular weight excluding hydrogens is 279 g/mol. The van der Waals surface area contributed by atoms with Gasteiger partial charge in [-0.1, -0.05) is 0 Å². The maximum atomic E-state index is 12.1. The summed E-state index contributed by atoms with van der Waals surface area (Å²) in [5.74, 6) is -3.28. The van der Waals surface area contributed by atoms with E-state index in [4.69, 9.17) is 16.7 Å². The number of aromatic nitrogens is 1. The monoisotopic (exact) mass is 285 g/mol. The van der Waals surface area contributed by atoms with Gasteiger partial charge in [0, 0.05) is 0 Å². The van der Waals surface area contributed by atoms with Crippen LogP contribution in [0.4, 0.5) is 13.2 Å². The lowest BCUT2D eigenvalue weighted by atomic mass is 10.1. The lowest BCUT2D eigenvalue weighted by molar-refractivity contribution is -0.275. The smallest absolute Gasteiger partial charge is 0.506 e. The van der Waals surface area contributed by atoms with E-state index in [2.05, 4.69) is 9.72 Å². The highest BCUT2D eigenvalue weighted by Gasteiger charge is 2.33. The van der Waals surface area contributed by atoms with Crippen LogP contribution in [0.5, 0.6) is 11.5 Å². The van der Waals surface area contributed by atoms with E-state index in [1.807, 2.05) is 0 Å². The minimum absolute atomic E-state index is 0.123. The lowest BCUT2D eigenvalue weighted by Gasteiger charge is -2.14. The van der Waals surface area contributed by atoms with Crippen LogP contribution < -0.4 is 4.74 Å². The van der Waals surface area contributed by atoms with Crippen molar-refractivity contribution in [3.05, 3.63) is 17.5 Å². The molecule has 1 aromatic rings. The van der Waals surface area contributed by atoms with Gasteiger partial charge in [0.2, 0.25) is 0 Å². The zero-order valence-electron chi connectivity index (χ0n) is 8.66. The Labute approximate surface area is 104 Å². The van der Waals surface area contributed by atoms with Gasteiger partial charge < -0.3 is 14.9 Å². The summed E-state index contributed by atoms with van der Waals surface area (Å²) in [6.45, 7) is 0. The second-order valence-corrected chi connectivity index (χ2v) is 3.42. The third kappa shape index (κ3) is 3.66. The Bertz CT molecular complexity index is 464. The van der Waals surface area contributed by atoms with Gasteiger partial charge in [0.05, 0.1) is 29.8 Å². The van der Waals surface area contributed by atoms with E-state index >= 15 is 0 Å². The number of carbonyl (C=O) groups is 1. The molecule has 0 bridgehead atoms. The number of ether oxygens (including phenoxy) is 1. The first-order valence-corrected chi connectivity index (χ1v) is 5.01. The molecule has 5 nitrogen and oxygen atoms in total. The SMILES string of the molecule is O=C(O)Cc1c(OC(F)(F)F)cnc(CCl)c1O. The number of aliphatic carboxylic acids is 1. The number of aromatic hydroxyl groups is 1. The number of carboxylic acids is 1. The van der Waals surface area contributed by atoms with E-state index in [0.29, 0.717) is 6.20 Å². The molecule has 0 aliphatic heterocycles. The van der Waals surface area contributed by atoms with Gasteiger partial charge in [-0.2, -0.15) is 0 Å². The van der Waals surface area contributed by atoms with Gasteiger partial charge in [0.25, 0.3) is 0 Å². The molecule has 0 aromatic carbocycles. The Balaban J connectivity index is 3.24. The zero-order valence-corrected chi connectivity index (χ0v) is 9.42. The molecule has 1 rings (SSSR count). The van der Waals surface area contributed by atoms with Crippen molar-refractivity contribution in [2.45, 2.75) is 18.7 Å². The quantitative estimate of drug-likeness (QED) is 0.828. The molecule has 0 saturated carbocycles. The van der Waals surface area contributed by atoms with Crippen LogP contribution in [0.1, 0.15) is 11.3 Å². The molecule has 0 aliphatic carbocycles. The number of halogens is 4. The summed E-state index contributed by atoms with van der Waals surface area (Å²) >= 11 is 5.39. The molecule has 2 N–H and O–H groups in total. The van der Waals surface area contributed by atoms with Gasteiger partial charge in [-0.3, -0.25) is 9.78 Å². The second-order valence-electron chi connectivity index (χ2n) is 3.15. The first-order valence-electron chi connectivity index (χ1n) is 4.47. The maximum absolute atomic E-state index is 12.1. The number of carboxylic acid groups (broad SMARTS) is 1. The summed E-state index contributed by atoms with van der Waals surface area (Å²) in [7, 11) is 0. The Hall–Kier alpha value is -1.70. The largest absolute Gasteiger partial charge is 0.573 e. The summed E-state index contributed by atoms with van der Waals surface area (Å²) in [5.41, 5.74) is -0.645. The summed E-state index contributed by atoms with van der Waals surface area (Å²) < 4.78 is 39.8.